The van der Waals surface area contributed by atoms with E-state index in [-0.39, 0.29) is 5.12 Å². The summed E-state index contributed by atoms with van der Waals surface area (Å²) in [6.45, 7) is 3.42. The van der Waals surface area contributed by atoms with Crippen molar-refractivity contribution in [1.82, 2.24) is 4.98 Å². The highest BCUT2D eigenvalue weighted by Crippen LogP contribution is 2.18. The first kappa shape index (κ1) is 12.6. The quantitative estimate of drug-likeness (QED) is 0.838. The lowest BCUT2D eigenvalue weighted by Crippen LogP contribution is -2.00. The molecule has 4 N–H and O–H groups in total. The molecule has 0 aliphatic heterocycles. The fraction of sp³-hybridized carbons (Fsp3) is 0.273. The first-order chi connectivity index (χ1) is 7.50. The third kappa shape index (κ3) is 3.58. The van der Waals surface area contributed by atoms with Gasteiger partial charge in [-0.1, -0.05) is 23.9 Å². The molecule has 0 saturated carbocycles. The highest BCUT2D eigenvalue weighted by atomic mass is 32.2. The van der Waals surface area contributed by atoms with E-state index >= 15 is 0 Å². The van der Waals surface area contributed by atoms with Crippen molar-refractivity contribution < 1.29 is 4.79 Å². The van der Waals surface area contributed by atoms with Gasteiger partial charge in [0.1, 0.15) is 5.82 Å². The zero-order valence-electron chi connectivity index (χ0n) is 9.36. The van der Waals surface area contributed by atoms with Gasteiger partial charge in [0.05, 0.1) is 5.69 Å². The fourth-order valence-corrected chi connectivity index (χ4v) is 1.59. The number of pyridine rings is 1. The van der Waals surface area contributed by atoms with Gasteiger partial charge in [-0.25, -0.2) is 4.98 Å². The number of carbonyl (C=O) groups is 1. The molecule has 1 heterocycles. The van der Waals surface area contributed by atoms with E-state index in [1.165, 1.54) is 11.8 Å². The number of anilines is 2. The maximum Gasteiger partial charge on any atom is 0.186 e. The molecule has 0 amide bonds. The number of carbonyl (C=O) groups excluding carboxylic acids is 1. The van der Waals surface area contributed by atoms with Crippen molar-refractivity contribution in [3.63, 3.8) is 0 Å². The average Bonchev–Trinajstić information content (AvgIpc) is 2.19. The Morgan fingerprint density at radius 1 is 1.56 bits per heavy atom. The first-order valence-electron chi connectivity index (χ1n) is 4.83. The van der Waals surface area contributed by atoms with Gasteiger partial charge < -0.3 is 11.5 Å². The van der Waals surface area contributed by atoms with Gasteiger partial charge in [0.25, 0.3) is 0 Å². The minimum Gasteiger partial charge on any atom is -0.396 e. The van der Waals surface area contributed by atoms with Crippen LogP contribution in [0.2, 0.25) is 0 Å². The largest absolute Gasteiger partial charge is 0.396 e. The van der Waals surface area contributed by atoms with Crippen molar-refractivity contribution in [1.29, 1.82) is 0 Å². The molecule has 0 spiro atoms. The van der Waals surface area contributed by atoms with Gasteiger partial charge in [-0.2, -0.15) is 0 Å². The molecule has 1 aromatic rings. The van der Waals surface area contributed by atoms with Crippen LogP contribution in [0.25, 0.3) is 6.08 Å². The second-order valence-electron chi connectivity index (χ2n) is 3.34. The number of nitrogens with two attached hydrogens (primary N) is 2. The zero-order valence-corrected chi connectivity index (χ0v) is 10.2. The van der Waals surface area contributed by atoms with Gasteiger partial charge in [0, 0.05) is 18.4 Å². The zero-order chi connectivity index (χ0) is 12.1. The molecule has 86 valence electrons. The summed E-state index contributed by atoms with van der Waals surface area (Å²) in [7, 11) is 0. The number of thioether (sulfide) groups is 1. The van der Waals surface area contributed by atoms with Gasteiger partial charge in [-0.05, 0) is 18.6 Å². The number of hydrogen-bond donors (Lipinski definition) is 2. The molecule has 0 aliphatic rings. The average molecular weight is 237 g/mol. The molecule has 0 fully saturated rings. The summed E-state index contributed by atoms with van der Waals surface area (Å²) in [6.07, 6.45) is 3.81. The Hall–Kier alpha value is -1.49. The van der Waals surface area contributed by atoms with E-state index in [0.717, 1.165) is 11.3 Å². The van der Waals surface area contributed by atoms with Crippen LogP contribution in [0.1, 0.15) is 18.2 Å². The molecular weight excluding hydrogens is 222 g/mol. The Labute approximate surface area is 99.1 Å². The summed E-state index contributed by atoms with van der Waals surface area (Å²) in [5, 5.41) is 0.108. The minimum atomic E-state index is 0.108. The summed E-state index contributed by atoms with van der Waals surface area (Å²) in [5.74, 6) is 1.01. The Bertz CT molecular complexity index is 429. The summed E-state index contributed by atoms with van der Waals surface area (Å²) in [4.78, 5) is 14.8. The Morgan fingerprint density at radius 3 is 2.88 bits per heavy atom. The normalized spacial score (nSPS) is 10.9. The van der Waals surface area contributed by atoms with Gasteiger partial charge in [0.2, 0.25) is 0 Å². The maximum absolute atomic E-state index is 10.7. The lowest BCUT2D eigenvalue weighted by atomic mass is 10.2. The van der Waals surface area contributed by atoms with Crippen LogP contribution < -0.4 is 11.5 Å². The second kappa shape index (κ2) is 5.55. The summed E-state index contributed by atoms with van der Waals surface area (Å²) in [5.41, 5.74) is 13.5. The molecule has 16 heavy (non-hydrogen) atoms. The number of aryl methyl sites for hydroxylation is 1. The number of nitrogens with zero attached hydrogens (tertiary/aromatic N) is 1. The van der Waals surface area contributed by atoms with Crippen molar-refractivity contribution in [3.8, 4) is 0 Å². The Kier molecular flexibility index (Phi) is 4.37. The fourth-order valence-electron chi connectivity index (χ4n) is 1.16. The molecule has 0 unspecified atom stereocenters. The van der Waals surface area contributed by atoms with Crippen LogP contribution in [0.15, 0.2) is 12.1 Å². The molecule has 0 bridgehead atoms. The van der Waals surface area contributed by atoms with E-state index in [2.05, 4.69) is 4.98 Å². The lowest BCUT2D eigenvalue weighted by molar-refractivity contribution is -0.109. The molecule has 0 radical (unpaired) electrons. The van der Waals surface area contributed by atoms with Crippen LogP contribution in [-0.4, -0.2) is 15.9 Å². The monoisotopic (exact) mass is 237 g/mol. The van der Waals surface area contributed by atoms with Crippen molar-refractivity contribution >= 4 is 34.5 Å². The molecule has 5 heteroatoms. The maximum atomic E-state index is 10.7. The Morgan fingerprint density at radius 2 is 2.25 bits per heavy atom. The van der Waals surface area contributed by atoms with E-state index in [1.807, 2.05) is 19.1 Å². The molecule has 0 atom stereocenters. The van der Waals surface area contributed by atoms with Gasteiger partial charge >= 0.3 is 0 Å². The number of hydrogen-bond acceptors (Lipinski definition) is 5. The van der Waals surface area contributed by atoms with E-state index in [1.54, 1.807) is 13.0 Å². The van der Waals surface area contributed by atoms with Gasteiger partial charge in [0.15, 0.2) is 5.12 Å². The lowest BCUT2D eigenvalue weighted by Gasteiger charge is -2.04. The standard InChI is InChI=1S/C11H15N3OS/c1-7-9(4-3-5-16-8(2)15)6-10(12)11(13)14-7/h3-4,6H,5,12H2,1-2H3,(H2,13,14). The third-order valence-electron chi connectivity index (χ3n) is 1.99. The molecule has 0 aromatic carbocycles. The van der Waals surface area contributed by atoms with Gasteiger partial charge in [-0.3, -0.25) is 4.79 Å². The molecule has 0 saturated heterocycles. The van der Waals surface area contributed by atoms with Crippen molar-refractivity contribution in [2.45, 2.75) is 13.8 Å². The van der Waals surface area contributed by atoms with Crippen LogP contribution in [0.4, 0.5) is 11.5 Å². The number of nitrogen functional groups attached to an aromatic ring is 2. The number of aromatic nitrogens is 1. The highest BCUT2D eigenvalue weighted by Gasteiger charge is 2.01. The van der Waals surface area contributed by atoms with Crippen LogP contribution in [-0.2, 0) is 4.79 Å². The first-order valence-corrected chi connectivity index (χ1v) is 5.81. The Balaban J connectivity index is 2.73. The number of rotatable bonds is 3. The van der Waals surface area contributed by atoms with Crippen molar-refractivity contribution in [3.05, 3.63) is 23.4 Å². The van der Waals surface area contributed by atoms with E-state index in [4.69, 9.17) is 11.5 Å². The minimum absolute atomic E-state index is 0.108. The molecular formula is C11H15N3OS. The van der Waals surface area contributed by atoms with E-state index in [0.29, 0.717) is 17.3 Å². The predicted molar refractivity (Wildman–Crippen MR) is 70.0 cm³/mol. The molecule has 1 rings (SSSR count). The topological polar surface area (TPSA) is 82.0 Å². The van der Waals surface area contributed by atoms with Crippen LogP contribution in [0.5, 0.6) is 0 Å². The highest BCUT2D eigenvalue weighted by molar-refractivity contribution is 8.13. The van der Waals surface area contributed by atoms with Crippen molar-refractivity contribution in [2.24, 2.45) is 0 Å². The summed E-state index contributed by atoms with van der Waals surface area (Å²) >= 11 is 1.26. The molecule has 1 aromatic heterocycles. The summed E-state index contributed by atoms with van der Waals surface area (Å²) < 4.78 is 0. The van der Waals surface area contributed by atoms with Crippen LogP contribution in [0, 0.1) is 6.92 Å². The molecule has 0 aliphatic carbocycles. The van der Waals surface area contributed by atoms with Crippen LogP contribution in [0.3, 0.4) is 0 Å². The van der Waals surface area contributed by atoms with Crippen molar-refractivity contribution in [2.75, 3.05) is 17.2 Å². The van der Waals surface area contributed by atoms with Crippen LogP contribution >= 0.6 is 11.8 Å². The molecule has 4 nitrogen and oxygen atoms in total. The SMILES string of the molecule is CC(=O)SCC=Cc1cc(N)c(N)nc1C. The van der Waals surface area contributed by atoms with E-state index < -0.39 is 0 Å². The third-order valence-corrected chi connectivity index (χ3v) is 2.76. The predicted octanol–water partition coefficient (Wildman–Crippen LogP) is 1.85. The smallest absolute Gasteiger partial charge is 0.186 e. The summed E-state index contributed by atoms with van der Waals surface area (Å²) in [6, 6.07) is 1.78. The van der Waals surface area contributed by atoms with Gasteiger partial charge in [-0.15, -0.1) is 0 Å². The van der Waals surface area contributed by atoms with E-state index in [9.17, 15) is 4.79 Å². The second-order valence-corrected chi connectivity index (χ2v) is 4.54.